The molecule has 5 heteroatoms. The average molecular weight is 308 g/mol. The van der Waals surface area contributed by atoms with Gasteiger partial charge in [-0.3, -0.25) is 5.43 Å². The van der Waals surface area contributed by atoms with Crippen molar-refractivity contribution in [1.29, 1.82) is 0 Å². The summed E-state index contributed by atoms with van der Waals surface area (Å²) in [6.07, 6.45) is 3.82. The summed E-state index contributed by atoms with van der Waals surface area (Å²) in [4.78, 5) is 0. The van der Waals surface area contributed by atoms with Crippen LogP contribution in [-0.4, -0.2) is 15.9 Å². The Balaban J connectivity index is 1.97. The Kier molecular flexibility index (Phi) is 4.16. The summed E-state index contributed by atoms with van der Waals surface area (Å²) in [5, 5.41) is 5.36. The second-order valence-electron chi connectivity index (χ2n) is 4.95. The predicted octanol–water partition coefficient (Wildman–Crippen LogP) is 2.86. The number of thiocarbonyl (C=S) groups is 1. The third-order valence-corrected chi connectivity index (χ3v) is 3.48. The maximum Gasteiger partial charge on any atom is 0.184 e. The van der Waals surface area contributed by atoms with Gasteiger partial charge in [0.15, 0.2) is 5.11 Å². The van der Waals surface area contributed by atoms with Crippen molar-refractivity contribution in [3.8, 4) is 0 Å². The molecule has 0 spiro atoms. The molecule has 0 unspecified atom stereocenters. The van der Waals surface area contributed by atoms with Crippen LogP contribution in [0.3, 0.4) is 0 Å². The highest BCUT2D eigenvalue weighted by Gasteiger charge is 2.06. The van der Waals surface area contributed by atoms with Gasteiger partial charge in [-0.25, -0.2) is 0 Å². The zero-order chi connectivity index (χ0) is 15.4. The zero-order valence-electron chi connectivity index (χ0n) is 11.9. The Morgan fingerprint density at radius 1 is 1.14 bits per heavy atom. The first-order chi connectivity index (χ1) is 10.7. The number of nitrogens with zero attached hydrogens (tertiary/aromatic N) is 2. The molecule has 1 heterocycles. The van der Waals surface area contributed by atoms with E-state index in [1.807, 2.05) is 18.2 Å². The van der Waals surface area contributed by atoms with E-state index in [1.54, 1.807) is 6.21 Å². The van der Waals surface area contributed by atoms with E-state index >= 15 is 0 Å². The van der Waals surface area contributed by atoms with E-state index in [0.29, 0.717) is 0 Å². The lowest BCUT2D eigenvalue weighted by Crippen LogP contribution is -2.23. The third-order valence-electron chi connectivity index (χ3n) is 3.39. The van der Waals surface area contributed by atoms with Gasteiger partial charge in [-0.15, -0.1) is 0 Å². The predicted molar refractivity (Wildman–Crippen MR) is 95.0 cm³/mol. The van der Waals surface area contributed by atoms with E-state index in [-0.39, 0.29) is 5.11 Å². The number of nitrogens with one attached hydrogen (secondary N) is 1. The van der Waals surface area contributed by atoms with Crippen molar-refractivity contribution in [3.63, 3.8) is 0 Å². The monoisotopic (exact) mass is 308 g/mol. The van der Waals surface area contributed by atoms with E-state index in [4.69, 9.17) is 18.0 Å². The molecule has 0 aliphatic rings. The van der Waals surface area contributed by atoms with Gasteiger partial charge in [-0.2, -0.15) is 5.10 Å². The van der Waals surface area contributed by atoms with Crippen molar-refractivity contribution in [2.75, 3.05) is 0 Å². The molecular formula is C17H16N4S. The summed E-state index contributed by atoms with van der Waals surface area (Å²) in [7, 11) is 0. The summed E-state index contributed by atoms with van der Waals surface area (Å²) in [6.45, 7) is 0.817. The lowest BCUT2D eigenvalue weighted by atomic mass is 10.2. The van der Waals surface area contributed by atoms with Crippen molar-refractivity contribution in [2.45, 2.75) is 6.54 Å². The minimum atomic E-state index is 0.157. The summed E-state index contributed by atoms with van der Waals surface area (Å²) in [5.41, 5.74) is 11.4. The minimum absolute atomic E-state index is 0.157. The fourth-order valence-corrected chi connectivity index (χ4v) is 2.51. The highest BCUT2D eigenvalue weighted by molar-refractivity contribution is 7.80. The number of rotatable bonds is 4. The van der Waals surface area contributed by atoms with Gasteiger partial charge in [0.2, 0.25) is 0 Å². The van der Waals surface area contributed by atoms with E-state index < -0.39 is 0 Å². The third kappa shape index (κ3) is 3.15. The molecule has 3 aromatic rings. The Morgan fingerprint density at radius 3 is 2.64 bits per heavy atom. The van der Waals surface area contributed by atoms with Crippen LogP contribution in [0.25, 0.3) is 10.9 Å². The first-order valence-corrected chi connectivity index (χ1v) is 7.35. The van der Waals surface area contributed by atoms with Crippen LogP contribution in [0.5, 0.6) is 0 Å². The van der Waals surface area contributed by atoms with Gasteiger partial charge in [-0.1, -0.05) is 48.5 Å². The molecule has 2 aromatic carbocycles. The average Bonchev–Trinajstić information content (AvgIpc) is 2.86. The van der Waals surface area contributed by atoms with Crippen LogP contribution in [0, 0.1) is 0 Å². The van der Waals surface area contributed by atoms with Crippen molar-refractivity contribution >= 4 is 34.4 Å². The number of nitrogens with two attached hydrogens (primary N) is 1. The van der Waals surface area contributed by atoms with Gasteiger partial charge in [0.1, 0.15) is 0 Å². The highest BCUT2D eigenvalue weighted by Crippen LogP contribution is 2.21. The van der Waals surface area contributed by atoms with E-state index in [0.717, 1.165) is 17.5 Å². The Morgan fingerprint density at radius 2 is 1.86 bits per heavy atom. The number of para-hydroxylation sites is 1. The first kappa shape index (κ1) is 14.3. The molecule has 110 valence electrons. The van der Waals surface area contributed by atoms with Gasteiger partial charge in [0, 0.05) is 29.2 Å². The Labute approximate surface area is 134 Å². The zero-order valence-corrected chi connectivity index (χ0v) is 12.8. The number of aromatic nitrogens is 1. The van der Waals surface area contributed by atoms with Crippen molar-refractivity contribution in [3.05, 3.63) is 71.9 Å². The van der Waals surface area contributed by atoms with Gasteiger partial charge in [0.25, 0.3) is 0 Å². The highest BCUT2D eigenvalue weighted by atomic mass is 32.1. The fraction of sp³-hybridized carbons (Fsp3) is 0.0588. The van der Waals surface area contributed by atoms with Gasteiger partial charge in [0.05, 0.1) is 6.21 Å². The molecule has 0 saturated carbocycles. The molecule has 0 radical (unpaired) electrons. The molecule has 0 aliphatic heterocycles. The lowest BCUT2D eigenvalue weighted by molar-refractivity contribution is 0.836. The van der Waals surface area contributed by atoms with Crippen LogP contribution < -0.4 is 11.2 Å². The Bertz CT molecular complexity index is 821. The maximum absolute atomic E-state index is 5.38. The van der Waals surface area contributed by atoms with E-state index in [1.165, 1.54) is 11.1 Å². The summed E-state index contributed by atoms with van der Waals surface area (Å²) >= 11 is 4.75. The van der Waals surface area contributed by atoms with Crippen LogP contribution in [0.4, 0.5) is 0 Å². The largest absolute Gasteiger partial charge is 0.375 e. The number of benzene rings is 2. The van der Waals surface area contributed by atoms with Crippen LogP contribution >= 0.6 is 12.2 Å². The molecule has 0 fully saturated rings. The molecule has 22 heavy (non-hydrogen) atoms. The molecular weight excluding hydrogens is 292 g/mol. The first-order valence-electron chi connectivity index (χ1n) is 6.94. The number of hydrazone groups is 1. The number of fused-ring (bicyclic) bond motifs is 1. The molecule has 1 aromatic heterocycles. The van der Waals surface area contributed by atoms with Crippen LogP contribution in [0.1, 0.15) is 11.1 Å². The summed E-state index contributed by atoms with van der Waals surface area (Å²) in [6, 6.07) is 18.6. The summed E-state index contributed by atoms with van der Waals surface area (Å²) < 4.78 is 2.22. The molecule has 0 saturated heterocycles. The van der Waals surface area contributed by atoms with Crippen molar-refractivity contribution < 1.29 is 0 Å². The lowest BCUT2D eigenvalue weighted by Gasteiger charge is -2.05. The van der Waals surface area contributed by atoms with Crippen LogP contribution in [0.15, 0.2) is 65.9 Å². The fourth-order valence-electron chi connectivity index (χ4n) is 2.45. The van der Waals surface area contributed by atoms with Crippen molar-refractivity contribution in [1.82, 2.24) is 9.99 Å². The van der Waals surface area contributed by atoms with E-state index in [2.05, 4.69) is 57.7 Å². The van der Waals surface area contributed by atoms with Gasteiger partial charge in [-0.05, 0) is 23.8 Å². The normalized spacial score (nSPS) is 11.1. The summed E-state index contributed by atoms with van der Waals surface area (Å²) in [5.74, 6) is 0. The van der Waals surface area contributed by atoms with Crippen LogP contribution in [-0.2, 0) is 6.54 Å². The standard InChI is InChI=1S/C17H16N4S/c18-17(22)20-19-10-14-12-21(11-13-6-2-1-3-7-13)16-9-5-4-8-15(14)16/h1-10,12H,11H2,(H3,18,20,22)/b19-10-. The molecule has 0 amide bonds. The second kappa shape index (κ2) is 6.41. The molecule has 0 bridgehead atoms. The molecule has 3 rings (SSSR count). The topological polar surface area (TPSA) is 55.3 Å². The minimum Gasteiger partial charge on any atom is -0.375 e. The number of hydrogen-bond acceptors (Lipinski definition) is 2. The van der Waals surface area contributed by atoms with Gasteiger partial charge < -0.3 is 10.3 Å². The molecule has 0 aliphatic carbocycles. The molecule has 3 N–H and O–H groups in total. The number of hydrogen-bond donors (Lipinski definition) is 2. The maximum atomic E-state index is 5.38. The molecule has 4 nitrogen and oxygen atoms in total. The molecule has 0 atom stereocenters. The van der Waals surface area contributed by atoms with E-state index in [9.17, 15) is 0 Å². The second-order valence-corrected chi connectivity index (χ2v) is 5.39. The van der Waals surface area contributed by atoms with Gasteiger partial charge >= 0.3 is 0 Å². The smallest absolute Gasteiger partial charge is 0.184 e. The SMILES string of the molecule is NC(=S)N/N=C\c1cn(Cc2ccccc2)c2ccccc12. The Hall–Kier alpha value is -2.66. The quantitative estimate of drug-likeness (QED) is 0.443. The van der Waals surface area contributed by atoms with Crippen molar-refractivity contribution in [2.24, 2.45) is 10.8 Å². The van der Waals surface area contributed by atoms with Crippen LogP contribution in [0.2, 0.25) is 0 Å².